The molecule has 0 radical (unpaired) electrons. The zero-order valence-corrected chi connectivity index (χ0v) is 12.1. The predicted octanol–water partition coefficient (Wildman–Crippen LogP) is 1.95. The van der Waals surface area contributed by atoms with Gasteiger partial charge in [0.05, 0.1) is 12.2 Å². The molecule has 0 amide bonds. The Hall–Kier alpha value is -1.78. The van der Waals surface area contributed by atoms with Crippen molar-refractivity contribution in [2.45, 2.75) is 20.4 Å². The first-order chi connectivity index (χ1) is 8.90. The van der Waals surface area contributed by atoms with E-state index in [1.807, 2.05) is 20.2 Å². The first-order valence-corrected chi connectivity index (χ1v) is 6.39. The van der Waals surface area contributed by atoms with Gasteiger partial charge in [0.15, 0.2) is 5.96 Å². The minimum atomic E-state index is -0.244. The second kappa shape index (κ2) is 6.97. The van der Waals surface area contributed by atoms with E-state index >= 15 is 0 Å². The molecule has 19 heavy (non-hydrogen) atoms. The van der Waals surface area contributed by atoms with Gasteiger partial charge in [-0.25, -0.2) is 9.38 Å². The summed E-state index contributed by atoms with van der Waals surface area (Å²) in [4.78, 5) is 5.92. The van der Waals surface area contributed by atoms with Crippen molar-refractivity contribution in [1.29, 1.82) is 0 Å². The quantitative estimate of drug-likeness (QED) is 0.632. The number of guanidine groups is 1. The van der Waals surface area contributed by atoms with Crippen LogP contribution in [0.25, 0.3) is 0 Å². The average molecular weight is 266 g/mol. The summed E-state index contributed by atoms with van der Waals surface area (Å²) in [6.45, 7) is 5.34. The van der Waals surface area contributed by atoms with Gasteiger partial charge in [0, 0.05) is 20.6 Å². The van der Waals surface area contributed by atoms with Crippen molar-refractivity contribution in [3.63, 3.8) is 0 Å². The maximum absolute atomic E-state index is 13.7. The summed E-state index contributed by atoms with van der Waals surface area (Å²) in [7, 11) is 3.62. The summed E-state index contributed by atoms with van der Waals surface area (Å²) >= 11 is 0. The topological polar surface area (TPSA) is 53.6 Å². The van der Waals surface area contributed by atoms with Crippen LogP contribution in [0.15, 0.2) is 23.2 Å². The normalized spacial score (nSPS) is 11.8. The highest BCUT2D eigenvalue weighted by Crippen LogP contribution is 2.18. The molecule has 3 N–H and O–H groups in total. The van der Waals surface area contributed by atoms with Crippen LogP contribution in [-0.4, -0.2) is 26.6 Å². The fourth-order valence-electron chi connectivity index (χ4n) is 1.55. The lowest BCUT2D eigenvalue weighted by Crippen LogP contribution is -2.34. The Morgan fingerprint density at radius 2 is 2.11 bits per heavy atom. The van der Waals surface area contributed by atoms with Gasteiger partial charge in [-0.05, 0) is 23.6 Å². The van der Waals surface area contributed by atoms with E-state index in [2.05, 4.69) is 24.2 Å². The molecule has 0 aliphatic heterocycles. The van der Waals surface area contributed by atoms with Gasteiger partial charge in [-0.15, -0.1) is 0 Å². The van der Waals surface area contributed by atoms with E-state index < -0.39 is 0 Å². The standard InChI is InChI=1S/C14H23FN4/c1-10(2)8-17-14(16)18-9-11-5-6-13(19(3)4)12(15)7-11/h5-7,10H,8-9H2,1-4H3,(H3,16,17,18). The summed E-state index contributed by atoms with van der Waals surface area (Å²) in [5.74, 6) is 0.655. The third-order valence-corrected chi connectivity index (χ3v) is 2.62. The average Bonchev–Trinajstić information content (AvgIpc) is 2.33. The van der Waals surface area contributed by atoms with E-state index in [4.69, 9.17) is 5.73 Å². The Balaban J connectivity index is 2.63. The minimum absolute atomic E-state index is 0.244. The third kappa shape index (κ3) is 5.16. The van der Waals surface area contributed by atoms with Gasteiger partial charge in [-0.2, -0.15) is 0 Å². The maximum atomic E-state index is 13.7. The van der Waals surface area contributed by atoms with E-state index in [-0.39, 0.29) is 5.82 Å². The first-order valence-electron chi connectivity index (χ1n) is 6.39. The van der Waals surface area contributed by atoms with Gasteiger partial charge in [0.25, 0.3) is 0 Å². The van der Waals surface area contributed by atoms with Crippen LogP contribution < -0.4 is 16.0 Å². The number of nitrogens with one attached hydrogen (secondary N) is 1. The summed E-state index contributed by atoms with van der Waals surface area (Å²) in [5, 5.41) is 3.02. The number of nitrogens with two attached hydrogens (primary N) is 1. The first kappa shape index (κ1) is 15.3. The van der Waals surface area contributed by atoms with Crippen molar-refractivity contribution >= 4 is 11.6 Å². The lowest BCUT2D eigenvalue weighted by molar-refractivity contribution is 0.620. The molecule has 0 saturated heterocycles. The van der Waals surface area contributed by atoms with Gasteiger partial charge in [-0.3, -0.25) is 0 Å². The van der Waals surface area contributed by atoms with Gasteiger partial charge < -0.3 is 16.0 Å². The molecule has 5 heteroatoms. The molecule has 1 aromatic carbocycles. The number of rotatable bonds is 5. The number of benzene rings is 1. The monoisotopic (exact) mass is 266 g/mol. The Morgan fingerprint density at radius 1 is 1.42 bits per heavy atom. The molecular formula is C14H23FN4. The fraction of sp³-hybridized carbons (Fsp3) is 0.500. The number of anilines is 1. The molecule has 0 aliphatic carbocycles. The second-order valence-corrected chi connectivity index (χ2v) is 5.16. The van der Waals surface area contributed by atoms with Crippen LogP contribution in [-0.2, 0) is 6.54 Å². The van der Waals surface area contributed by atoms with Crippen LogP contribution in [0, 0.1) is 11.7 Å². The van der Waals surface area contributed by atoms with Gasteiger partial charge in [0.2, 0.25) is 0 Å². The van der Waals surface area contributed by atoms with Crippen molar-refractivity contribution in [3.05, 3.63) is 29.6 Å². The molecule has 0 saturated carbocycles. The molecule has 0 atom stereocenters. The number of nitrogens with zero attached hydrogens (tertiary/aromatic N) is 2. The van der Waals surface area contributed by atoms with Crippen LogP contribution in [0.1, 0.15) is 19.4 Å². The molecule has 0 spiro atoms. The van der Waals surface area contributed by atoms with E-state index in [0.717, 1.165) is 12.1 Å². The fourth-order valence-corrected chi connectivity index (χ4v) is 1.55. The highest BCUT2D eigenvalue weighted by Gasteiger charge is 2.05. The van der Waals surface area contributed by atoms with Crippen molar-refractivity contribution < 1.29 is 4.39 Å². The molecule has 0 aromatic heterocycles. The predicted molar refractivity (Wildman–Crippen MR) is 78.9 cm³/mol. The highest BCUT2D eigenvalue weighted by molar-refractivity contribution is 5.77. The second-order valence-electron chi connectivity index (χ2n) is 5.16. The maximum Gasteiger partial charge on any atom is 0.188 e. The molecule has 0 fully saturated rings. The highest BCUT2D eigenvalue weighted by atomic mass is 19.1. The number of aliphatic imine (C=N–C) groups is 1. The zero-order chi connectivity index (χ0) is 14.4. The van der Waals surface area contributed by atoms with Crippen molar-refractivity contribution in [2.75, 3.05) is 25.5 Å². The van der Waals surface area contributed by atoms with Gasteiger partial charge >= 0.3 is 0 Å². The minimum Gasteiger partial charge on any atom is -0.375 e. The number of halogens is 1. The summed E-state index contributed by atoms with van der Waals surface area (Å²) in [5.41, 5.74) is 7.09. The van der Waals surface area contributed by atoms with E-state index in [9.17, 15) is 4.39 Å². The van der Waals surface area contributed by atoms with Crippen LogP contribution >= 0.6 is 0 Å². The number of hydrogen-bond acceptors (Lipinski definition) is 2. The Kier molecular flexibility index (Phi) is 5.60. The Bertz CT molecular complexity index is 441. The lowest BCUT2D eigenvalue weighted by atomic mass is 10.2. The van der Waals surface area contributed by atoms with Crippen LogP contribution in [0.4, 0.5) is 10.1 Å². The summed E-state index contributed by atoms with van der Waals surface area (Å²) < 4.78 is 13.7. The Morgan fingerprint density at radius 3 is 2.63 bits per heavy atom. The molecule has 0 heterocycles. The van der Waals surface area contributed by atoms with Crippen LogP contribution in [0.3, 0.4) is 0 Å². The molecule has 0 unspecified atom stereocenters. The molecule has 4 nitrogen and oxygen atoms in total. The zero-order valence-electron chi connectivity index (χ0n) is 12.1. The van der Waals surface area contributed by atoms with Gasteiger partial charge in [0.1, 0.15) is 5.82 Å². The molecule has 0 bridgehead atoms. The molecular weight excluding hydrogens is 243 g/mol. The van der Waals surface area contributed by atoms with E-state index in [0.29, 0.717) is 24.1 Å². The molecule has 0 aliphatic rings. The van der Waals surface area contributed by atoms with E-state index in [1.165, 1.54) is 6.07 Å². The molecule has 106 valence electrons. The smallest absolute Gasteiger partial charge is 0.188 e. The van der Waals surface area contributed by atoms with Crippen molar-refractivity contribution in [3.8, 4) is 0 Å². The number of hydrogen-bond donors (Lipinski definition) is 2. The van der Waals surface area contributed by atoms with E-state index in [1.54, 1.807) is 11.0 Å². The van der Waals surface area contributed by atoms with Crippen LogP contribution in [0.5, 0.6) is 0 Å². The van der Waals surface area contributed by atoms with Crippen molar-refractivity contribution in [1.82, 2.24) is 5.32 Å². The molecule has 1 aromatic rings. The largest absolute Gasteiger partial charge is 0.375 e. The van der Waals surface area contributed by atoms with Gasteiger partial charge in [-0.1, -0.05) is 19.9 Å². The summed E-state index contributed by atoms with van der Waals surface area (Å²) in [6, 6.07) is 5.10. The Labute approximate surface area is 114 Å². The lowest BCUT2D eigenvalue weighted by Gasteiger charge is -2.14. The summed E-state index contributed by atoms with van der Waals surface area (Å²) in [6.07, 6.45) is 0. The molecule has 1 rings (SSSR count). The van der Waals surface area contributed by atoms with Crippen molar-refractivity contribution in [2.24, 2.45) is 16.6 Å². The third-order valence-electron chi connectivity index (χ3n) is 2.62. The SMILES string of the molecule is CC(C)CNC(N)=NCc1ccc(N(C)C)c(F)c1. The van der Waals surface area contributed by atoms with Crippen LogP contribution in [0.2, 0.25) is 0 Å².